The fourth-order valence-electron chi connectivity index (χ4n) is 4.63. The fourth-order valence-corrected chi connectivity index (χ4v) is 4.63. The van der Waals surface area contributed by atoms with Gasteiger partial charge >= 0.3 is 18.0 Å². The number of hydrogen-bond acceptors (Lipinski definition) is 10. The van der Waals surface area contributed by atoms with Gasteiger partial charge in [-0.3, -0.25) is 4.79 Å². The van der Waals surface area contributed by atoms with E-state index in [4.69, 9.17) is 33.2 Å². The van der Waals surface area contributed by atoms with Crippen molar-refractivity contribution in [1.82, 2.24) is 5.32 Å². The van der Waals surface area contributed by atoms with E-state index in [1.165, 1.54) is 7.11 Å². The highest BCUT2D eigenvalue weighted by Gasteiger charge is 2.33. The van der Waals surface area contributed by atoms with Crippen LogP contribution in [0.4, 0.5) is 4.79 Å². The molecule has 1 aliphatic heterocycles. The number of fused-ring (bicyclic) bond motifs is 1. The van der Waals surface area contributed by atoms with E-state index >= 15 is 0 Å². The van der Waals surface area contributed by atoms with E-state index in [9.17, 15) is 14.4 Å². The first-order chi connectivity index (χ1) is 20.2. The van der Waals surface area contributed by atoms with Crippen LogP contribution in [-0.4, -0.2) is 72.5 Å². The van der Waals surface area contributed by atoms with Crippen LogP contribution in [-0.2, 0) is 41.5 Å². The second-order valence-electron chi connectivity index (χ2n) is 10.0. The number of hydrogen-bond donors (Lipinski definition) is 1. The molecule has 1 aromatic carbocycles. The molecule has 1 heterocycles. The molecule has 11 nitrogen and oxygen atoms in total. The zero-order valence-corrected chi connectivity index (χ0v) is 25.9. The number of alkyl carbamates (subject to hydrolysis) is 1. The first-order valence-electron chi connectivity index (χ1n) is 14.1. The summed E-state index contributed by atoms with van der Waals surface area (Å²) in [7, 11) is 4.52. The molecule has 2 rings (SSSR count). The van der Waals surface area contributed by atoms with E-state index in [2.05, 4.69) is 5.32 Å². The average molecular weight is 592 g/mol. The van der Waals surface area contributed by atoms with Crippen molar-refractivity contribution in [2.45, 2.75) is 60.0 Å². The van der Waals surface area contributed by atoms with Gasteiger partial charge in [-0.1, -0.05) is 24.1 Å². The molecule has 1 aromatic rings. The Bertz CT molecular complexity index is 1140. The molecule has 0 aliphatic carbocycles. The maximum atomic E-state index is 12.7. The molecule has 0 saturated carbocycles. The summed E-state index contributed by atoms with van der Waals surface area (Å²) in [5, 5.41) is 2.65. The molecule has 1 N–H and O–H groups in total. The molecular formula is C31H45NO10. The lowest BCUT2D eigenvalue weighted by Crippen LogP contribution is -2.25. The van der Waals surface area contributed by atoms with E-state index in [1.54, 1.807) is 20.3 Å². The molecular weight excluding hydrogens is 546 g/mol. The Kier molecular flexibility index (Phi) is 14.9. The van der Waals surface area contributed by atoms with Crippen LogP contribution in [0, 0.1) is 12.8 Å². The Balaban J connectivity index is 2.23. The van der Waals surface area contributed by atoms with Gasteiger partial charge < -0.3 is 38.5 Å². The number of methoxy groups -OCH3 is 3. The molecule has 0 radical (unpaired) electrons. The third kappa shape index (κ3) is 10.1. The van der Waals surface area contributed by atoms with E-state index < -0.39 is 18.0 Å². The third-order valence-electron chi connectivity index (χ3n) is 6.84. The summed E-state index contributed by atoms with van der Waals surface area (Å²) in [5.74, 6) is -0.246. The molecule has 1 atom stereocenters. The molecule has 0 aromatic heterocycles. The van der Waals surface area contributed by atoms with Crippen LogP contribution in [0.1, 0.15) is 67.1 Å². The highest BCUT2D eigenvalue weighted by molar-refractivity contribution is 5.98. The maximum absolute atomic E-state index is 12.7. The number of carbonyl (C=O) groups excluding carboxylic acids is 3. The van der Waals surface area contributed by atoms with Crippen molar-refractivity contribution < 1.29 is 47.5 Å². The lowest BCUT2D eigenvalue weighted by molar-refractivity contribution is -0.145. The lowest BCUT2D eigenvalue weighted by atomic mass is 9.91. The molecule has 0 bridgehead atoms. The smallest absolute Gasteiger partial charge is 0.407 e. The van der Waals surface area contributed by atoms with Crippen LogP contribution in [0.2, 0.25) is 0 Å². The summed E-state index contributed by atoms with van der Waals surface area (Å²) < 4.78 is 37.8. The Morgan fingerprint density at radius 1 is 1.05 bits per heavy atom. The van der Waals surface area contributed by atoms with Gasteiger partial charge in [0.25, 0.3) is 0 Å². The number of benzene rings is 1. The number of carbonyl (C=O) groups is 3. The van der Waals surface area contributed by atoms with Crippen molar-refractivity contribution in [3.63, 3.8) is 0 Å². The van der Waals surface area contributed by atoms with Crippen molar-refractivity contribution in [2.75, 3.05) is 54.5 Å². The predicted octanol–water partition coefficient (Wildman–Crippen LogP) is 4.81. The van der Waals surface area contributed by atoms with E-state index in [0.717, 1.165) is 28.7 Å². The number of esters is 2. The van der Waals surface area contributed by atoms with Crippen molar-refractivity contribution >= 4 is 18.0 Å². The van der Waals surface area contributed by atoms with Gasteiger partial charge in [0.05, 0.1) is 33.4 Å². The topological polar surface area (TPSA) is 128 Å². The molecule has 11 heteroatoms. The highest BCUT2D eigenvalue weighted by Crippen LogP contribution is 2.43. The van der Waals surface area contributed by atoms with Gasteiger partial charge in [-0.05, 0) is 58.1 Å². The van der Waals surface area contributed by atoms with Gasteiger partial charge in [-0.2, -0.15) is 0 Å². The number of cyclic esters (lactones) is 1. The molecule has 1 unspecified atom stereocenters. The summed E-state index contributed by atoms with van der Waals surface area (Å²) in [5.41, 5.74) is 4.45. The molecule has 1 amide bonds. The van der Waals surface area contributed by atoms with Crippen LogP contribution in [0.3, 0.4) is 0 Å². The Morgan fingerprint density at radius 3 is 2.40 bits per heavy atom. The van der Waals surface area contributed by atoms with Gasteiger partial charge in [0.15, 0.2) is 6.79 Å². The molecule has 0 saturated heterocycles. The second-order valence-corrected chi connectivity index (χ2v) is 10.0. The van der Waals surface area contributed by atoms with Crippen molar-refractivity contribution in [1.29, 1.82) is 0 Å². The predicted molar refractivity (Wildman–Crippen MR) is 156 cm³/mol. The highest BCUT2D eigenvalue weighted by atomic mass is 16.7. The number of allylic oxidation sites excluding steroid dienone is 3. The normalized spacial score (nSPS) is 13.7. The van der Waals surface area contributed by atoms with Crippen molar-refractivity contribution in [2.24, 2.45) is 5.92 Å². The zero-order valence-electron chi connectivity index (χ0n) is 25.9. The van der Waals surface area contributed by atoms with Gasteiger partial charge in [0.2, 0.25) is 0 Å². The van der Waals surface area contributed by atoms with Crippen molar-refractivity contribution in [3.8, 4) is 11.5 Å². The van der Waals surface area contributed by atoms with Crippen LogP contribution in [0.25, 0.3) is 0 Å². The minimum Gasteiger partial charge on any atom is -0.496 e. The Labute approximate surface area is 248 Å². The van der Waals surface area contributed by atoms with Crippen LogP contribution in [0.5, 0.6) is 11.5 Å². The molecule has 0 fully saturated rings. The van der Waals surface area contributed by atoms with Gasteiger partial charge in [-0.25, -0.2) is 9.59 Å². The summed E-state index contributed by atoms with van der Waals surface area (Å²) in [6.45, 7) is 9.14. The SMILES string of the molecule is CCCNC(=O)OC/C=C(\C)CC(C/C(C)=C/Cc1c(OC)c(C)c2c(c1OCOCCOC)C(=O)OC2)C(=O)OC. The average Bonchev–Trinajstić information content (AvgIpc) is 3.36. The summed E-state index contributed by atoms with van der Waals surface area (Å²) in [6.07, 6.45) is 5.39. The fraction of sp³-hybridized carbons (Fsp3) is 0.581. The molecule has 0 spiro atoms. The van der Waals surface area contributed by atoms with E-state index in [0.29, 0.717) is 61.6 Å². The standard InChI is InChI=1S/C31H45NO10/c1-8-12-32-31(35)40-13-11-21(3)17-23(29(33)38-7)16-20(2)9-10-24-27(37-6)22(4)25-18-41-30(34)26(25)28(24)42-19-39-15-14-36-5/h9,11,23H,8,10,12-19H2,1-7H3,(H,32,35)/b20-9+,21-11+. The van der Waals surface area contributed by atoms with Crippen LogP contribution >= 0.6 is 0 Å². The Hall–Kier alpha value is -3.57. The molecule has 234 valence electrons. The quantitative estimate of drug-likeness (QED) is 0.0835. The van der Waals surface area contributed by atoms with Gasteiger partial charge in [0, 0.05) is 24.8 Å². The second kappa shape index (κ2) is 18.1. The number of ether oxygens (including phenoxy) is 7. The first kappa shape index (κ1) is 34.6. The maximum Gasteiger partial charge on any atom is 0.407 e. The summed E-state index contributed by atoms with van der Waals surface area (Å²) >= 11 is 0. The van der Waals surface area contributed by atoms with Gasteiger partial charge in [-0.15, -0.1) is 0 Å². The molecule has 42 heavy (non-hydrogen) atoms. The first-order valence-corrected chi connectivity index (χ1v) is 14.1. The number of amides is 1. The zero-order chi connectivity index (χ0) is 31.1. The summed E-state index contributed by atoms with van der Waals surface area (Å²) in [6, 6.07) is 0. The largest absolute Gasteiger partial charge is 0.496 e. The minimum atomic E-state index is -0.473. The van der Waals surface area contributed by atoms with Crippen LogP contribution in [0.15, 0.2) is 23.3 Å². The van der Waals surface area contributed by atoms with Gasteiger partial charge in [0.1, 0.15) is 30.3 Å². The minimum absolute atomic E-state index is 0.0784. The van der Waals surface area contributed by atoms with E-state index in [1.807, 2.05) is 33.8 Å². The summed E-state index contributed by atoms with van der Waals surface area (Å²) in [4.78, 5) is 37.0. The van der Waals surface area contributed by atoms with E-state index in [-0.39, 0.29) is 26.0 Å². The third-order valence-corrected chi connectivity index (χ3v) is 6.84. The van der Waals surface area contributed by atoms with Crippen LogP contribution < -0.4 is 14.8 Å². The van der Waals surface area contributed by atoms with Crippen molar-refractivity contribution in [3.05, 3.63) is 45.6 Å². The number of rotatable bonds is 18. The Morgan fingerprint density at radius 2 is 1.76 bits per heavy atom. The monoisotopic (exact) mass is 591 g/mol. The molecule has 1 aliphatic rings. The number of nitrogens with one attached hydrogen (secondary N) is 1. The lowest BCUT2D eigenvalue weighted by Gasteiger charge is -2.20.